The van der Waals surface area contributed by atoms with Gasteiger partial charge in [-0.2, -0.15) is 0 Å². The Balaban J connectivity index is 1.91. The maximum atomic E-state index is 11.7. The summed E-state index contributed by atoms with van der Waals surface area (Å²) in [6.45, 7) is 1.71. The van der Waals surface area contributed by atoms with Crippen LogP contribution in [-0.4, -0.2) is 17.4 Å². The molecule has 4 heteroatoms. The van der Waals surface area contributed by atoms with Gasteiger partial charge < -0.3 is 4.74 Å². The van der Waals surface area contributed by atoms with E-state index in [1.54, 1.807) is 6.92 Å². The Morgan fingerprint density at radius 3 is 2.69 bits per heavy atom. The number of carbonyl (C=O) groups is 1. The second-order valence-corrected chi connectivity index (χ2v) is 4.69. The molecule has 1 aromatic carbocycles. The Labute approximate surface area is 98.1 Å². The van der Waals surface area contributed by atoms with Crippen molar-refractivity contribution in [1.82, 2.24) is 0 Å². The molecule has 3 rings (SSSR count). The summed E-state index contributed by atoms with van der Waals surface area (Å²) in [6, 6.07) is 7.55. The lowest BCUT2D eigenvalue weighted by molar-refractivity contribution is -0.136. The van der Waals surface area contributed by atoms with Crippen LogP contribution in [0.4, 0.5) is 0 Å². The lowest BCUT2D eigenvalue weighted by Crippen LogP contribution is -2.18. The summed E-state index contributed by atoms with van der Waals surface area (Å²) in [4.78, 5) is 16.0. The van der Waals surface area contributed by atoms with Gasteiger partial charge in [-0.1, -0.05) is 23.7 Å². The zero-order valence-corrected chi connectivity index (χ0v) is 9.49. The Morgan fingerprint density at radius 2 is 2.12 bits per heavy atom. The van der Waals surface area contributed by atoms with Gasteiger partial charge in [-0.05, 0) is 24.1 Å². The first-order valence-electron chi connectivity index (χ1n) is 5.16. The van der Waals surface area contributed by atoms with E-state index in [2.05, 4.69) is 4.99 Å². The molecule has 1 spiro atoms. The van der Waals surface area contributed by atoms with Gasteiger partial charge in [-0.15, -0.1) is 0 Å². The quantitative estimate of drug-likeness (QED) is 0.702. The zero-order valence-electron chi connectivity index (χ0n) is 8.74. The fourth-order valence-electron chi connectivity index (χ4n) is 2.26. The summed E-state index contributed by atoms with van der Waals surface area (Å²) < 4.78 is 5.00. The van der Waals surface area contributed by atoms with Crippen molar-refractivity contribution in [3.8, 4) is 0 Å². The number of nitrogens with zero attached hydrogens (tertiary/aromatic N) is 1. The molecule has 16 heavy (non-hydrogen) atoms. The predicted molar refractivity (Wildman–Crippen MR) is 60.7 cm³/mol. The van der Waals surface area contributed by atoms with Crippen LogP contribution in [0.15, 0.2) is 29.3 Å². The third-order valence-corrected chi connectivity index (χ3v) is 3.41. The molecule has 2 aliphatic rings. The van der Waals surface area contributed by atoms with Gasteiger partial charge in [0.25, 0.3) is 0 Å². The Morgan fingerprint density at radius 1 is 1.44 bits per heavy atom. The van der Waals surface area contributed by atoms with E-state index in [0.717, 1.165) is 12.0 Å². The summed E-state index contributed by atoms with van der Waals surface area (Å²) in [5.74, 6) is 0.404. The Kier molecular flexibility index (Phi) is 1.89. The van der Waals surface area contributed by atoms with Gasteiger partial charge in [0.05, 0.1) is 0 Å². The van der Waals surface area contributed by atoms with Crippen molar-refractivity contribution in [2.24, 2.45) is 4.99 Å². The van der Waals surface area contributed by atoms with Crippen LogP contribution in [0.2, 0.25) is 5.02 Å². The third kappa shape index (κ3) is 1.28. The minimum Gasteiger partial charge on any atom is -0.410 e. The first-order valence-corrected chi connectivity index (χ1v) is 5.54. The Bertz CT molecular complexity index is 494. The monoisotopic (exact) mass is 235 g/mol. The highest BCUT2D eigenvalue weighted by atomic mass is 35.5. The molecule has 0 unspecified atom stereocenters. The lowest BCUT2D eigenvalue weighted by atomic mass is 10.1. The molecule has 0 N–H and O–H groups in total. The first kappa shape index (κ1) is 9.85. The first-order chi connectivity index (χ1) is 7.62. The molecule has 0 bridgehead atoms. The molecule has 1 fully saturated rings. The van der Waals surface area contributed by atoms with Gasteiger partial charge in [0.2, 0.25) is 0 Å². The van der Waals surface area contributed by atoms with E-state index in [9.17, 15) is 4.79 Å². The number of hydrogen-bond donors (Lipinski definition) is 0. The molecule has 1 heterocycles. The second kappa shape index (κ2) is 3.08. The largest absolute Gasteiger partial charge is 0.410 e. The molecule has 0 amide bonds. The molecular weight excluding hydrogens is 226 g/mol. The maximum absolute atomic E-state index is 11.7. The second-order valence-electron chi connectivity index (χ2n) is 4.25. The average molecular weight is 236 g/mol. The summed E-state index contributed by atoms with van der Waals surface area (Å²) in [7, 11) is 0. The molecule has 2 atom stereocenters. The summed E-state index contributed by atoms with van der Waals surface area (Å²) in [5, 5.41) is 0.701. The third-order valence-electron chi connectivity index (χ3n) is 3.15. The number of benzene rings is 1. The number of cyclic esters (lactones) is 1. The topological polar surface area (TPSA) is 38.7 Å². The van der Waals surface area contributed by atoms with E-state index >= 15 is 0 Å². The van der Waals surface area contributed by atoms with E-state index in [-0.39, 0.29) is 11.9 Å². The molecule has 3 nitrogen and oxygen atoms in total. The highest BCUT2D eigenvalue weighted by Crippen LogP contribution is 2.57. The molecule has 0 saturated heterocycles. The van der Waals surface area contributed by atoms with Crippen LogP contribution in [0.25, 0.3) is 0 Å². The number of halogens is 1. The molecule has 1 aliphatic carbocycles. The number of rotatable bonds is 1. The van der Waals surface area contributed by atoms with E-state index in [1.165, 1.54) is 0 Å². The van der Waals surface area contributed by atoms with Crippen molar-refractivity contribution >= 4 is 23.5 Å². The molecule has 0 radical (unpaired) electrons. The molecule has 1 saturated carbocycles. The fourth-order valence-corrected chi connectivity index (χ4v) is 2.39. The predicted octanol–water partition coefficient (Wildman–Crippen LogP) is 2.54. The van der Waals surface area contributed by atoms with Crippen LogP contribution >= 0.6 is 11.6 Å². The van der Waals surface area contributed by atoms with E-state index in [4.69, 9.17) is 16.3 Å². The van der Waals surface area contributed by atoms with Gasteiger partial charge in [0.15, 0.2) is 11.4 Å². The van der Waals surface area contributed by atoms with Crippen molar-refractivity contribution in [2.45, 2.75) is 24.8 Å². The molecule has 0 aromatic heterocycles. The lowest BCUT2D eigenvalue weighted by Gasteiger charge is -2.02. The van der Waals surface area contributed by atoms with Crippen LogP contribution in [0.5, 0.6) is 0 Å². The van der Waals surface area contributed by atoms with Crippen molar-refractivity contribution < 1.29 is 9.53 Å². The van der Waals surface area contributed by atoms with Crippen molar-refractivity contribution in [3.63, 3.8) is 0 Å². The van der Waals surface area contributed by atoms with Gasteiger partial charge >= 0.3 is 5.97 Å². The van der Waals surface area contributed by atoms with Gasteiger partial charge in [0.1, 0.15) is 0 Å². The highest BCUT2D eigenvalue weighted by molar-refractivity contribution is 6.30. The number of aliphatic imine (C=N–C) groups is 1. The van der Waals surface area contributed by atoms with Gasteiger partial charge in [-0.25, -0.2) is 9.79 Å². The van der Waals surface area contributed by atoms with Crippen LogP contribution in [-0.2, 0) is 9.53 Å². The summed E-state index contributed by atoms with van der Waals surface area (Å²) in [6.07, 6.45) is 0.741. The van der Waals surface area contributed by atoms with E-state index < -0.39 is 5.54 Å². The molecule has 82 valence electrons. The van der Waals surface area contributed by atoms with Gasteiger partial charge in [-0.3, -0.25) is 0 Å². The highest BCUT2D eigenvalue weighted by Gasteiger charge is 2.65. The summed E-state index contributed by atoms with van der Waals surface area (Å²) in [5.41, 5.74) is 0.470. The number of ether oxygens (including phenoxy) is 1. The number of hydrogen-bond acceptors (Lipinski definition) is 3. The number of esters is 1. The minimum atomic E-state index is -0.627. The van der Waals surface area contributed by atoms with Crippen LogP contribution in [0.3, 0.4) is 0 Å². The molecular formula is C12H10ClNO2. The zero-order chi connectivity index (χ0) is 11.3. The smallest absolute Gasteiger partial charge is 0.341 e. The minimum absolute atomic E-state index is 0.148. The van der Waals surface area contributed by atoms with Crippen molar-refractivity contribution in [1.29, 1.82) is 0 Å². The fraction of sp³-hybridized carbons (Fsp3) is 0.333. The SMILES string of the molecule is CC1=N[C@@]2(C[C@H]2c2ccc(Cl)cc2)C(=O)O1. The van der Waals surface area contributed by atoms with Gasteiger partial charge in [0, 0.05) is 17.9 Å². The molecule has 1 aliphatic heterocycles. The summed E-state index contributed by atoms with van der Waals surface area (Å²) >= 11 is 5.82. The van der Waals surface area contributed by atoms with Crippen molar-refractivity contribution in [3.05, 3.63) is 34.9 Å². The van der Waals surface area contributed by atoms with E-state index in [1.807, 2.05) is 24.3 Å². The average Bonchev–Trinajstić information content (AvgIpc) is 2.87. The van der Waals surface area contributed by atoms with Crippen LogP contribution in [0.1, 0.15) is 24.8 Å². The van der Waals surface area contributed by atoms with E-state index in [0.29, 0.717) is 10.9 Å². The van der Waals surface area contributed by atoms with Crippen LogP contribution in [0, 0.1) is 0 Å². The number of carbonyl (C=O) groups excluding carboxylic acids is 1. The molecule has 1 aromatic rings. The van der Waals surface area contributed by atoms with Crippen molar-refractivity contribution in [2.75, 3.05) is 0 Å². The maximum Gasteiger partial charge on any atom is 0.341 e. The normalized spacial score (nSPS) is 31.5. The van der Waals surface area contributed by atoms with Crippen LogP contribution < -0.4 is 0 Å². The Hall–Kier alpha value is -1.35. The standard InChI is InChI=1S/C12H10ClNO2/c1-7-14-12(11(15)16-7)6-10(12)8-2-4-9(13)5-3-8/h2-5,10H,6H2,1H3/t10-,12+/m0/s1.